The summed E-state index contributed by atoms with van der Waals surface area (Å²) < 4.78 is 0. The van der Waals surface area contributed by atoms with E-state index in [-0.39, 0.29) is 16.5 Å². The van der Waals surface area contributed by atoms with E-state index in [1.807, 2.05) is 0 Å². The van der Waals surface area contributed by atoms with E-state index in [2.05, 4.69) is 6.58 Å². The Hall–Kier alpha value is 0.130. The molecular weight excluding hydrogens is 83.0 g/mol. The quantitative estimate of drug-likeness (QED) is 0.362. The van der Waals surface area contributed by atoms with Crippen LogP contribution in [0.1, 0.15) is 0 Å². The first-order valence-corrected chi connectivity index (χ1v) is 1.13. The lowest BCUT2D eigenvalue weighted by molar-refractivity contribution is 0.343. The molecule has 0 aromatic carbocycles. The van der Waals surface area contributed by atoms with Gasteiger partial charge in [-0.2, -0.15) is 9.90 Å². The molecule has 0 amide bonds. The number of hydrogen-bond acceptors (Lipinski definition) is 1. The van der Waals surface area contributed by atoms with Crippen LogP contribution in [0, 0.1) is 0 Å². The van der Waals surface area contributed by atoms with Crippen LogP contribution in [0.5, 0.6) is 0 Å². The fraction of sp³-hybridized carbons (Fsp3) is 0.333. The van der Waals surface area contributed by atoms with Gasteiger partial charge in [0.25, 0.3) is 0 Å². The van der Waals surface area contributed by atoms with Gasteiger partial charge in [-0.3, -0.25) is 0 Å². The summed E-state index contributed by atoms with van der Waals surface area (Å²) in [6.45, 7) is 3.31. The molecule has 5 heavy (non-hydrogen) atoms. The Morgan fingerprint density at radius 3 is 2.00 bits per heavy atom. The maximum atomic E-state index is 7.76. The van der Waals surface area contributed by atoms with E-state index < -0.39 is 0 Å². The van der Waals surface area contributed by atoms with E-state index in [0.29, 0.717) is 0 Å². The van der Waals surface area contributed by atoms with Gasteiger partial charge in [0.1, 0.15) is 0 Å². The van der Waals surface area contributed by atoms with Crippen molar-refractivity contribution >= 4 is 9.90 Å². The maximum Gasteiger partial charge on any atom is 0.0609 e. The Labute approximate surface area is 35.3 Å². The van der Waals surface area contributed by atoms with Gasteiger partial charge < -0.3 is 5.11 Å². The Balaban J connectivity index is 0. The van der Waals surface area contributed by atoms with Crippen molar-refractivity contribution in [1.82, 2.24) is 0 Å². The molecule has 0 saturated carbocycles. The second-order valence-corrected chi connectivity index (χ2v) is 0.471. The molecule has 1 atom stereocenters. The average Bonchev–Trinajstić information content (AvgIpc) is 1.37. The molecule has 32 valence electrons. The van der Waals surface area contributed by atoms with Crippen LogP contribution in [0.4, 0.5) is 0 Å². The minimum atomic E-state index is 0. The van der Waals surface area contributed by atoms with Crippen LogP contribution in [0.15, 0.2) is 12.7 Å². The predicted molar refractivity (Wildman–Crippen MR) is 28.4 cm³/mol. The van der Waals surface area contributed by atoms with Gasteiger partial charge in [0.05, 0.1) is 6.61 Å². The van der Waals surface area contributed by atoms with Gasteiger partial charge in [-0.05, 0) is 0 Å². The van der Waals surface area contributed by atoms with Crippen molar-refractivity contribution in [2.45, 2.75) is 0 Å². The van der Waals surface area contributed by atoms with E-state index in [4.69, 9.17) is 5.11 Å². The lowest BCUT2D eigenvalue weighted by Crippen LogP contribution is -1.62. The fourth-order valence-electron chi connectivity index (χ4n) is 0. The van der Waals surface area contributed by atoms with Crippen LogP contribution >= 0.6 is 9.90 Å². The molecule has 2 heteroatoms. The maximum absolute atomic E-state index is 7.76. The molecule has 0 radical (unpaired) electrons. The van der Waals surface area contributed by atoms with Crippen molar-refractivity contribution in [3.05, 3.63) is 12.7 Å². The number of aliphatic hydroxyl groups excluding tert-OH is 1. The molecule has 0 aromatic rings. The topological polar surface area (TPSA) is 20.2 Å². The van der Waals surface area contributed by atoms with E-state index in [0.717, 1.165) is 0 Å². The third kappa shape index (κ3) is 14.7. The molecule has 1 nitrogen and oxygen atoms in total. The van der Waals surface area contributed by atoms with Gasteiger partial charge in [0.15, 0.2) is 0 Å². The summed E-state index contributed by atoms with van der Waals surface area (Å²) >= 11 is 0. The van der Waals surface area contributed by atoms with Crippen LogP contribution < -0.4 is 0 Å². The molecule has 1 unspecified atom stereocenters. The number of rotatable bonds is 1. The normalized spacial score (nSPS) is 5.00. The highest BCUT2D eigenvalue weighted by Crippen LogP contribution is 1.46. The van der Waals surface area contributed by atoms with Crippen LogP contribution in [-0.4, -0.2) is 11.7 Å². The predicted octanol–water partition coefficient (Wildman–Crippen LogP) is 0.223. The van der Waals surface area contributed by atoms with Gasteiger partial charge in [0, 0.05) is 0 Å². The summed E-state index contributed by atoms with van der Waals surface area (Å²) in [5.41, 5.74) is 0. The van der Waals surface area contributed by atoms with Crippen molar-refractivity contribution in [1.29, 1.82) is 0 Å². The van der Waals surface area contributed by atoms with Crippen molar-refractivity contribution in [2.75, 3.05) is 6.61 Å². The first-order chi connectivity index (χ1) is 1.91. The van der Waals surface area contributed by atoms with E-state index in [9.17, 15) is 0 Å². The standard InChI is InChI=1S/C3H6O.H3P/c1-2-3-4;/h2,4H,1,3H2;1H3. The third-order valence-electron chi connectivity index (χ3n) is 0.129. The second kappa shape index (κ2) is 8.92. The fourth-order valence-corrected chi connectivity index (χ4v) is 0. The molecule has 0 bridgehead atoms. The van der Waals surface area contributed by atoms with E-state index in [1.165, 1.54) is 6.08 Å². The van der Waals surface area contributed by atoms with Crippen LogP contribution in [0.25, 0.3) is 0 Å². The monoisotopic (exact) mass is 92.0 g/mol. The smallest absolute Gasteiger partial charge is 0.0609 e. The largest absolute Gasteiger partial charge is 0.392 e. The Morgan fingerprint density at radius 2 is 2.00 bits per heavy atom. The first kappa shape index (κ1) is 8.93. The van der Waals surface area contributed by atoms with Crippen LogP contribution in [0.3, 0.4) is 0 Å². The molecule has 0 spiro atoms. The summed E-state index contributed by atoms with van der Waals surface area (Å²) in [6, 6.07) is 0. The molecule has 0 saturated heterocycles. The van der Waals surface area contributed by atoms with Crippen LogP contribution in [0.2, 0.25) is 0 Å². The summed E-state index contributed by atoms with van der Waals surface area (Å²) in [5.74, 6) is 0. The average molecular weight is 92.1 g/mol. The molecule has 0 aliphatic rings. The summed E-state index contributed by atoms with van der Waals surface area (Å²) in [6.07, 6.45) is 1.43. The molecule has 0 aliphatic heterocycles. The minimum absolute atomic E-state index is 0. The first-order valence-electron chi connectivity index (χ1n) is 1.13. The highest BCUT2D eigenvalue weighted by atomic mass is 31.0. The molecule has 0 aliphatic carbocycles. The Morgan fingerprint density at radius 1 is 1.80 bits per heavy atom. The lowest BCUT2D eigenvalue weighted by atomic mass is 10.7. The molecule has 0 aromatic heterocycles. The van der Waals surface area contributed by atoms with Crippen molar-refractivity contribution in [2.24, 2.45) is 0 Å². The number of aliphatic hydroxyl groups is 1. The summed E-state index contributed by atoms with van der Waals surface area (Å²) in [5, 5.41) is 7.76. The highest BCUT2D eigenvalue weighted by Gasteiger charge is 1.45. The van der Waals surface area contributed by atoms with E-state index >= 15 is 0 Å². The van der Waals surface area contributed by atoms with Gasteiger partial charge >= 0.3 is 0 Å². The molecule has 0 rings (SSSR count). The Bertz CT molecular complexity index is 20.9. The lowest BCUT2D eigenvalue weighted by Gasteiger charge is -1.60. The van der Waals surface area contributed by atoms with Crippen LogP contribution in [-0.2, 0) is 0 Å². The van der Waals surface area contributed by atoms with E-state index in [1.54, 1.807) is 0 Å². The number of hydrogen-bond donors (Lipinski definition) is 1. The van der Waals surface area contributed by atoms with Gasteiger partial charge in [-0.25, -0.2) is 0 Å². The van der Waals surface area contributed by atoms with Gasteiger partial charge in [0.2, 0.25) is 0 Å². The SMILES string of the molecule is C=CCO.P. The molecular formula is C3H9OP. The van der Waals surface area contributed by atoms with Gasteiger partial charge in [-0.1, -0.05) is 6.08 Å². The molecule has 1 N–H and O–H groups in total. The van der Waals surface area contributed by atoms with Crippen molar-refractivity contribution < 1.29 is 5.11 Å². The van der Waals surface area contributed by atoms with Crippen molar-refractivity contribution in [3.8, 4) is 0 Å². The minimum Gasteiger partial charge on any atom is -0.392 e. The zero-order chi connectivity index (χ0) is 3.41. The zero-order valence-electron chi connectivity index (χ0n) is 3.15. The molecule has 0 fully saturated rings. The molecule has 0 heterocycles. The van der Waals surface area contributed by atoms with Gasteiger partial charge in [-0.15, -0.1) is 6.58 Å². The zero-order valence-corrected chi connectivity index (χ0v) is 4.56. The summed E-state index contributed by atoms with van der Waals surface area (Å²) in [7, 11) is 0. The third-order valence-corrected chi connectivity index (χ3v) is 0.129. The Kier molecular flexibility index (Phi) is 15.9. The highest BCUT2D eigenvalue weighted by molar-refractivity contribution is 6.92. The summed E-state index contributed by atoms with van der Waals surface area (Å²) in [4.78, 5) is 0. The second-order valence-electron chi connectivity index (χ2n) is 0.471. The van der Waals surface area contributed by atoms with Crippen molar-refractivity contribution in [3.63, 3.8) is 0 Å².